The number of aryl methyl sites for hydroxylation is 1. The standard InChI is InChI=1S/C15H18N2O2/c18-14(19)17-8-11(9-17)16-13-7-15(13)6-5-10-3-1-2-4-12(10)15/h1-4,11,13,16H,5-9H2,(H,18,19)/t13-,15-/m1/s1. The van der Waals surface area contributed by atoms with Gasteiger partial charge in [0.05, 0.1) is 0 Å². The minimum Gasteiger partial charge on any atom is -0.465 e. The van der Waals surface area contributed by atoms with Crippen molar-refractivity contribution in [2.45, 2.75) is 36.8 Å². The molecule has 2 fully saturated rings. The Morgan fingerprint density at radius 2 is 2.16 bits per heavy atom. The fraction of sp³-hybridized carbons (Fsp3) is 0.533. The van der Waals surface area contributed by atoms with Gasteiger partial charge in [-0.25, -0.2) is 4.79 Å². The lowest BCUT2D eigenvalue weighted by molar-refractivity contribution is 0.0947. The lowest BCUT2D eigenvalue weighted by Gasteiger charge is -2.38. The molecular weight excluding hydrogens is 240 g/mol. The molecule has 4 rings (SSSR count). The predicted molar refractivity (Wildman–Crippen MR) is 71.4 cm³/mol. The maximum atomic E-state index is 10.7. The van der Waals surface area contributed by atoms with Crippen LogP contribution in [0.15, 0.2) is 24.3 Å². The molecule has 4 heteroatoms. The monoisotopic (exact) mass is 258 g/mol. The smallest absolute Gasteiger partial charge is 0.407 e. The molecule has 100 valence electrons. The number of carboxylic acid groups (broad SMARTS) is 1. The second-order valence-electron chi connectivity index (χ2n) is 6.12. The fourth-order valence-electron chi connectivity index (χ4n) is 3.84. The Kier molecular flexibility index (Phi) is 2.22. The molecular formula is C15H18N2O2. The van der Waals surface area contributed by atoms with E-state index in [2.05, 4.69) is 29.6 Å². The number of fused-ring (bicyclic) bond motifs is 2. The van der Waals surface area contributed by atoms with Crippen molar-refractivity contribution in [3.63, 3.8) is 0 Å². The van der Waals surface area contributed by atoms with Gasteiger partial charge in [0, 0.05) is 30.6 Å². The first-order chi connectivity index (χ1) is 9.19. The van der Waals surface area contributed by atoms with Crippen molar-refractivity contribution in [2.75, 3.05) is 13.1 Å². The van der Waals surface area contributed by atoms with E-state index >= 15 is 0 Å². The number of amides is 1. The molecule has 1 aromatic rings. The van der Waals surface area contributed by atoms with E-state index in [1.807, 2.05) is 0 Å². The first-order valence-corrected chi connectivity index (χ1v) is 7.01. The quantitative estimate of drug-likeness (QED) is 0.847. The molecule has 4 nitrogen and oxygen atoms in total. The van der Waals surface area contributed by atoms with Crippen LogP contribution in [0.4, 0.5) is 4.79 Å². The molecule has 1 saturated heterocycles. The highest BCUT2D eigenvalue weighted by Crippen LogP contribution is 2.56. The zero-order valence-corrected chi connectivity index (χ0v) is 10.8. The van der Waals surface area contributed by atoms with Crippen LogP contribution in [0.3, 0.4) is 0 Å². The Bertz CT molecular complexity index is 539. The molecule has 0 unspecified atom stereocenters. The summed E-state index contributed by atoms with van der Waals surface area (Å²) in [6.45, 7) is 1.28. The third kappa shape index (κ3) is 1.59. The van der Waals surface area contributed by atoms with Gasteiger partial charge >= 0.3 is 6.09 Å². The van der Waals surface area contributed by atoms with Gasteiger partial charge in [-0.1, -0.05) is 24.3 Å². The highest BCUT2D eigenvalue weighted by molar-refractivity contribution is 5.66. The third-order valence-electron chi connectivity index (χ3n) is 5.06. The van der Waals surface area contributed by atoms with Crippen LogP contribution in [-0.2, 0) is 11.8 Å². The minimum atomic E-state index is -0.797. The molecule has 2 atom stereocenters. The average Bonchev–Trinajstić information content (AvgIpc) is 2.91. The van der Waals surface area contributed by atoms with Crippen LogP contribution in [0.5, 0.6) is 0 Å². The number of rotatable bonds is 2. The van der Waals surface area contributed by atoms with E-state index in [4.69, 9.17) is 5.11 Å². The number of likely N-dealkylation sites (tertiary alicyclic amines) is 1. The Labute approximate surface area is 112 Å². The maximum Gasteiger partial charge on any atom is 0.407 e. The average molecular weight is 258 g/mol. The highest BCUT2D eigenvalue weighted by atomic mass is 16.4. The summed E-state index contributed by atoms with van der Waals surface area (Å²) in [5.74, 6) is 0. The van der Waals surface area contributed by atoms with Crippen molar-refractivity contribution in [1.29, 1.82) is 0 Å². The molecule has 1 saturated carbocycles. The van der Waals surface area contributed by atoms with E-state index in [9.17, 15) is 4.79 Å². The summed E-state index contributed by atoms with van der Waals surface area (Å²) < 4.78 is 0. The molecule has 3 aliphatic rings. The third-order valence-corrected chi connectivity index (χ3v) is 5.06. The van der Waals surface area contributed by atoms with Crippen LogP contribution in [-0.4, -0.2) is 41.3 Å². The Morgan fingerprint density at radius 3 is 2.95 bits per heavy atom. The van der Waals surface area contributed by atoms with E-state index in [1.54, 1.807) is 0 Å². The molecule has 0 aromatic heterocycles. The van der Waals surface area contributed by atoms with Gasteiger partial charge < -0.3 is 15.3 Å². The summed E-state index contributed by atoms with van der Waals surface area (Å²) in [4.78, 5) is 12.2. The highest BCUT2D eigenvalue weighted by Gasteiger charge is 2.58. The van der Waals surface area contributed by atoms with Gasteiger partial charge in [0.15, 0.2) is 0 Å². The molecule has 19 heavy (non-hydrogen) atoms. The van der Waals surface area contributed by atoms with Gasteiger partial charge in [-0.3, -0.25) is 0 Å². The van der Waals surface area contributed by atoms with Crippen LogP contribution in [0, 0.1) is 0 Å². The summed E-state index contributed by atoms with van der Waals surface area (Å²) in [7, 11) is 0. The van der Waals surface area contributed by atoms with Crippen molar-refractivity contribution in [3.8, 4) is 0 Å². The summed E-state index contributed by atoms with van der Waals surface area (Å²) in [5, 5.41) is 12.5. The zero-order valence-electron chi connectivity index (χ0n) is 10.8. The van der Waals surface area contributed by atoms with Crippen molar-refractivity contribution in [2.24, 2.45) is 0 Å². The molecule has 2 aliphatic carbocycles. The van der Waals surface area contributed by atoms with Crippen LogP contribution in [0.1, 0.15) is 24.0 Å². The molecule has 1 spiro atoms. The number of hydrogen-bond acceptors (Lipinski definition) is 2. The van der Waals surface area contributed by atoms with Crippen molar-refractivity contribution in [3.05, 3.63) is 35.4 Å². The van der Waals surface area contributed by atoms with Gasteiger partial charge in [-0.05, 0) is 30.4 Å². The zero-order chi connectivity index (χ0) is 13.0. The van der Waals surface area contributed by atoms with E-state index in [0.717, 1.165) is 0 Å². The van der Waals surface area contributed by atoms with E-state index in [0.29, 0.717) is 30.6 Å². The number of benzene rings is 1. The van der Waals surface area contributed by atoms with Crippen LogP contribution >= 0.6 is 0 Å². The molecule has 1 heterocycles. The van der Waals surface area contributed by atoms with E-state index in [1.165, 1.54) is 35.3 Å². The number of nitrogens with one attached hydrogen (secondary N) is 1. The second-order valence-corrected chi connectivity index (χ2v) is 6.12. The number of carbonyl (C=O) groups is 1. The Balaban J connectivity index is 1.41. The van der Waals surface area contributed by atoms with Gasteiger partial charge in [-0.15, -0.1) is 0 Å². The first-order valence-electron chi connectivity index (χ1n) is 7.01. The predicted octanol–water partition coefficient (Wildman–Crippen LogP) is 1.59. The topological polar surface area (TPSA) is 52.6 Å². The summed E-state index contributed by atoms with van der Waals surface area (Å²) in [5.41, 5.74) is 3.40. The lowest BCUT2D eigenvalue weighted by Crippen LogP contribution is -2.60. The molecule has 1 amide bonds. The fourth-order valence-corrected chi connectivity index (χ4v) is 3.84. The van der Waals surface area contributed by atoms with Crippen LogP contribution in [0.25, 0.3) is 0 Å². The molecule has 1 aromatic carbocycles. The van der Waals surface area contributed by atoms with Gasteiger partial charge in [-0.2, -0.15) is 0 Å². The Hall–Kier alpha value is -1.55. The SMILES string of the molecule is O=C(O)N1CC(N[C@@H]2C[C@@]23CCc2ccccc23)C1. The molecule has 0 bridgehead atoms. The van der Waals surface area contributed by atoms with Crippen LogP contribution in [0.2, 0.25) is 0 Å². The number of hydrogen-bond donors (Lipinski definition) is 2. The molecule has 1 aliphatic heterocycles. The van der Waals surface area contributed by atoms with Gasteiger partial charge in [0.1, 0.15) is 0 Å². The van der Waals surface area contributed by atoms with E-state index in [-0.39, 0.29) is 0 Å². The largest absolute Gasteiger partial charge is 0.465 e. The summed E-state index contributed by atoms with van der Waals surface area (Å²) >= 11 is 0. The molecule has 2 N–H and O–H groups in total. The van der Waals surface area contributed by atoms with Crippen molar-refractivity contribution in [1.82, 2.24) is 10.2 Å². The maximum absolute atomic E-state index is 10.7. The molecule has 0 radical (unpaired) electrons. The van der Waals surface area contributed by atoms with Crippen molar-refractivity contribution >= 4 is 6.09 Å². The van der Waals surface area contributed by atoms with Gasteiger partial charge in [0.25, 0.3) is 0 Å². The normalized spacial score (nSPS) is 32.2. The van der Waals surface area contributed by atoms with Crippen molar-refractivity contribution < 1.29 is 9.90 Å². The lowest BCUT2D eigenvalue weighted by atomic mass is 9.97. The second kappa shape index (κ2) is 3.73. The van der Waals surface area contributed by atoms with Crippen LogP contribution < -0.4 is 5.32 Å². The van der Waals surface area contributed by atoms with Gasteiger partial charge in [0.2, 0.25) is 0 Å². The number of nitrogens with zero attached hydrogens (tertiary/aromatic N) is 1. The minimum absolute atomic E-state index is 0.355. The Morgan fingerprint density at radius 1 is 1.37 bits per heavy atom. The first kappa shape index (κ1) is 11.3. The summed E-state index contributed by atoms with van der Waals surface area (Å²) in [6.07, 6.45) is 2.86. The van der Waals surface area contributed by atoms with E-state index < -0.39 is 6.09 Å². The summed E-state index contributed by atoms with van der Waals surface area (Å²) in [6, 6.07) is 9.68.